The van der Waals surface area contributed by atoms with E-state index in [4.69, 9.17) is 5.11 Å². The highest BCUT2D eigenvalue weighted by atomic mass is 79.9. The minimum atomic E-state index is -0.0277. The number of amides is 1. The maximum absolute atomic E-state index is 12.1. The number of aryl methyl sites for hydroxylation is 2. The quantitative estimate of drug-likeness (QED) is 0.863. The normalized spacial score (nSPS) is 10.4. The number of halogens is 1. The minimum Gasteiger partial charge on any atom is -0.392 e. The molecule has 2 aromatic carbocycles. The van der Waals surface area contributed by atoms with Crippen molar-refractivity contribution in [3.63, 3.8) is 0 Å². The van der Waals surface area contributed by atoms with Gasteiger partial charge in [0.15, 0.2) is 0 Å². The molecule has 1 amide bonds. The highest BCUT2D eigenvalue weighted by Gasteiger charge is 2.07. The summed E-state index contributed by atoms with van der Waals surface area (Å²) in [6.45, 7) is 1.91. The fourth-order valence-corrected chi connectivity index (χ4v) is 2.55. The fourth-order valence-electron chi connectivity index (χ4n) is 2.06. The van der Waals surface area contributed by atoms with Crippen LogP contribution in [0.3, 0.4) is 0 Å². The minimum absolute atomic E-state index is 0.0241. The lowest BCUT2D eigenvalue weighted by Crippen LogP contribution is -2.13. The van der Waals surface area contributed by atoms with Crippen molar-refractivity contribution >= 4 is 27.5 Å². The molecule has 21 heavy (non-hydrogen) atoms. The van der Waals surface area contributed by atoms with Crippen LogP contribution in [0.2, 0.25) is 0 Å². The first-order valence-electron chi connectivity index (χ1n) is 6.84. The molecule has 110 valence electrons. The molecule has 0 heterocycles. The molecule has 0 spiro atoms. The molecular weight excluding hydrogens is 330 g/mol. The summed E-state index contributed by atoms with van der Waals surface area (Å²) >= 11 is 3.48. The number of hydrogen-bond acceptors (Lipinski definition) is 2. The average Bonchev–Trinajstić information content (AvgIpc) is 2.48. The molecule has 0 bridgehead atoms. The van der Waals surface area contributed by atoms with Crippen molar-refractivity contribution in [1.29, 1.82) is 0 Å². The first kappa shape index (κ1) is 15.7. The Morgan fingerprint density at radius 1 is 1.24 bits per heavy atom. The van der Waals surface area contributed by atoms with E-state index >= 15 is 0 Å². The van der Waals surface area contributed by atoms with E-state index in [2.05, 4.69) is 21.2 Å². The SMILES string of the molecule is Cc1ccc(CO)cc1NC(=O)CCc1ccccc1Br. The second-order valence-corrected chi connectivity index (χ2v) is 5.80. The molecule has 0 saturated heterocycles. The monoisotopic (exact) mass is 347 g/mol. The van der Waals surface area contributed by atoms with E-state index in [1.165, 1.54) is 0 Å². The molecule has 0 aliphatic heterocycles. The number of aliphatic hydroxyl groups excluding tert-OH is 1. The Kier molecular flexibility index (Phi) is 5.53. The molecule has 0 saturated carbocycles. The molecule has 0 radical (unpaired) electrons. The van der Waals surface area contributed by atoms with Crippen LogP contribution in [0.15, 0.2) is 46.9 Å². The smallest absolute Gasteiger partial charge is 0.224 e. The first-order valence-corrected chi connectivity index (χ1v) is 7.63. The Hall–Kier alpha value is -1.65. The Morgan fingerprint density at radius 3 is 2.71 bits per heavy atom. The molecule has 0 aliphatic carbocycles. The third-order valence-electron chi connectivity index (χ3n) is 3.34. The van der Waals surface area contributed by atoms with Gasteiger partial charge in [-0.05, 0) is 42.2 Å². The van der Waals surface area contributed by atoms with Gasteiger partial charge >= 0.3 is 0 Å². The lowest BCUT2D eigenvalue weighted by Gasteiger charge is -2.10. The van der Waals surface area contributed by atoms with E-state index in [0.29, 0.717) is 12.8 Å². The molecule has 0 aliphatic rings. The summed E-state index contributed by atoms with van der Waals surface area (Å²) in [4.78, 5) is 12.1. The van der Waals surface area contributed by atoms with Crippen LogP contribution >= 0.6 is 15.9 Å². The summed E-state index contributed by atoms with van der Waals surface area (Å²) in [6, 6.07) is 13.5. The average molecular weight is 348 g/mol. The molecule has 0 unspecified atom stereocenters. The zero-order chi connectivity index (χ0) is 15.2. The molecule has 0 atom stereocenters. The summed E-state index contributed by atoms with van der Waals surface area (Å²) in [5, 5.41) is 12.1. The van der Waals surface area contributed by atoms with E-state index in [9.17, 15) is 4.79 Å². The van der Waals surface area contributed by atoms with Crippen LogP contribution in [-0.2, 0) is 17.8 Å². The van der Waals surface area contributed by atoms with E-state index in [1.807, 2.05) is 49.4 Å². The molecule has 3 nitrogen and oxygen atoms in total. The van der Waals surface area contributed by atoms with Gasteiger partial charge in [0.2, 0.25) is 5.91 Å². The Labute approximate surface area is 133 Å². The molecule has 2 aromatic rings. The third-order valence-corrected chi connectivity index (χ3v) is 4.11. The van der Waals surface area contributed by atoms with Crippen molar-refractivity contribution in [3.8, 4) is 0 Å². The number of aliphatic hydroxyl groups is 1. The van der Waals surface area contributed by atoms with Gasteiger partial charge < -0.3 is 10.4 Å². The second-order valence-electron chi connectivity index (χ2n) is 4.95. The third kappa shape index (κ3) is 4.41. The fraction of sp³-hybridized carbons (Fsp3) is 0.235. The number of rotatable bonds is 5. The van der Waals surface area contributed by atoms with E-state index in [-0.39, 0.29) is 12.5 Å². The van der Waals surface area contributed by atoms with Crippen LogP contribution in [0.25, 0.3) is 0 Å². The lowest BCUT2D eigenvalue weighted by atomic mass is 10.1. The highest BCUT2D eigenvalue weighted by molar-refractivity contribution is 9.10. The molecule has 0 aromatic heterocycles. The number of carbonyl (C=O) groups is 1. The number of benzene rings is 2. The van der Waals surface area contributed by atoms with Gasteiger partial charge in [-0.1, -0.05) is 46.3 Å². The standard InChI is InChI=1S/C17H18BrNO2/c1-12-6-7-13(11-20)10-16(12)19-17(21)9-8-14-4-2-3-5-15(14)18/h2-7,10,20H,8-9,11H2,1H3,(H,19,21). The summed E-state index contributed by atoms with van der Waals surface area (Å²) in [5.41, 5.74) is 3.66. The van der Waals surface area contributed by atoms with Gasteiger partial charge in [-0.25, -0.2) is 0 Å². The van der Waals surface area contributed by atoms with Crippen LogP contribution in [-0.4, -0.2) is 11.0 Å². The van der Waals surface area contributed by atoms with Crippen molar-refractivity contribution in [2.24, 2.45) is 0 Å². The van der Waals surface area contributed by atoms with Crippen LogP contribution in [0.1, 0.15) is 23.1 Å². The van der Waals surface area contributed by atoms with Crippen LogP contribution < -0.4 is 5.32 Å². The highest BCUT2D eigenvalue weighted by Crippen LogP contribution is 2.19. The Morgan fingerprint density at radius 2 is 2.00 bits per heavy atom. The lowest BCUT2D eigenvalue weighted by molar-refractivity contribution is -0.116. The first-order chi connectivity index (χ1) is 10.1. The van der Waals surface area contributed by atoms with E-state index in [1.54, 1.807) is 0 Å². The van der Waals surface area contributed by atoms with E-state index in [0.717, 1.165) is 26.9 Å². The van der Waals surface area contributed by atoms with Gasteiger partial charge in [-0.3, -0.25) is 4.79 Å². The Balaban J connectivity index is 1.97. The van der Waals surface area contributed by atoms with Crippen LogP contribution in [0.4, 0.5) is 5.69 Å². The number of anilines is 1. The van der Waals surface area contributed by atoms with Crippen molar-refractivity contribution in [3.05, 3.63) is 63.6 Å². The van der Waals surface area contributed by atoms with Gasteiger partial charge in [0, 0.05) is 16.6 Å². The maximum atomic E-state index is 12.1. The molecule has 4 heteroatoms. The predicted octanol–water partition coefficient (Wildman–Crippen LogP) is 3.82. The molecule has 0 fully saturated rings. The van der Waals surface area contributed by atoms with Crippen molar-refractivity contribution in [2.45, 2.75) is 26.4 Å². The topological polar surface area (TPSA) is 49.3 Å². The summed E-state index contributed by atoms with van der Waals surface area (Å²) in [7, 11) is 0. The zero-order valence-corrected chi connectivity index (χ0v) is 13.5. The van der Waals surface area contributed by atoms with Crippen molar-refractivity contribution < 1.29 is 9.90 Å². The van der Waals surface area contributed by atoms with Gasteiger partial charge in [0.1, 0.15) is 0 Å². The zero-order valence-electron chi connectivity index (χ0n) is 11.9. The van der Waals surface area contributed by atoms with Gasteiger partial charge in [0.25, 0.3) is 0 Å². The number of carbonyl (C=O) groups excluding carboxylic acids is 1. The predicted molar refractivity (Wildman–Crippen MR) is 88.2 cm³/mol. The largest absolute Gasteiger partial charge is 0.392 e. The van der Waals surface area contributed by atoms with E-state index < -0.39 is 0 Å². The van der Waals surface area contributed by atoms with Crippen molar-refractivity contribution in [2.75, 3.05) is 5.32 Å². The molecule has 2 rings (SSSR count). The summed E-state index contributed by atoms with van der Waals surface area (Å²) in [5.74, 6) is -0.0241. The Bertz CT molecular complexity index is 640. The van der Waals surface area contributed by atoms with Gasteiger partial charge in [0.05, 0.1) is 6.61 Å². The second kappa shape index (κ2) is 7.38. The maximum Gasteiger partial charge on any atom is 0.224 e. The van der Waals surface area contributed by atoms with Gasteiger partial charge in [-0.2, -0.15) is 0 Å². The van der Waals surface area contributed by atoms with Crippen LogP contribution in [0.5, 0.6) is 0 Å². The van der Waals surface area contributed by atoms with Gasteiger partial charge in [-0.15, -0.1) is 0 Å². The number of hydrogen-bond donors (Lipinski definition) is 2. The summed E-state index contributed by atoms with van der Waals surface area (Å²) < 4.78 is 1.02. The van der Waals surface area contributed by atoms with Crippen molar-refractivity contribution in [1.82, 2.24) is 0 Å². The summed E-state index contributed by atoms with van der Waals surface area (Å²) in [6.07, 6.45) is 1.11. The van der Waals surface area contributed by atoms with Crippen LogP contribution in [0, 0.1) is 6.92 Å². The molecular formula is C17H18BrNO2. The number of nitrogens with one attached hydrogen (secondary N) is 1. The molecule has 2 N–H and O–H groups in total.